The molecule has 108 valence electrons. The van der Waals surface area contributed by atoms with Gasteiger partial charge in [0.05, 0.1) is 17.7 Å². The van der Waals surface area contributed by atoms with Crippen LogP contribution in [-0.4, -0.2) is 29.4 Å². The second-order valence-electron chi connectivity index (χ2n) is 5.00. The molecule has 2 N–H and O–H groups in total. The molecular formula is C14H25N3OS. The first-order valence-corrected chi connectivity index (χ1v) is 7.79. The van der Waals surface area contributed by atoms with Gasteiger partial charge in [-0.1, -0.05) is 13.3 Å². The number of nitrogens with two attached hydrogens (primary N) is 1. The van der Waals surface area contributed by atoms with Gasteiger partial charge < -0.3 is 10.6 Å². The first-order valence-electron chi connectivity index (χ1n) is 6.91. The van der Waals surface area contributed by atoms with Crippen LogP contribution in [-0.2, 0) is 11.3 Å². The molecule has 19 heavy (non-hydrogen) atoms. The van der Waals surface area contributed by atoms with E-state index in [-0.39, 0.29) is 5.91 Å². The van der Waals surface area contributed by atoms with E-state index < -0.39 is 0 Å². The zero-order chi connectivity index (χ0) is 14.3. The van der Waals surface area contributed by atoms with Gasteiger partial charge in [-0.05, 0) is 32.2 Å². The smallest absolute Gasteiger partial charge is 0.222 e. The van der Waals surface area contributed by atoms with Gasteiger partial charge in [-0.2, -0.15) is 0 Å². The predicted molar refractivity (Wildman–Crippen MR) is 80.0 cm³/mol. The van der Waals surface area contributed by atoms with Crippen LogP contribution in [0.25, 0.3) is 0 Å². The Bertz CT molecular complexity index is 392. The molecule has 0 aliphatic heterocycles. The van der Waals surface area contributed by atoms with E-state index in [0.717, 1.165) is 25.0 Å². The van der Waals surface area contributed by atoms with Gasteiger partial charge in [0.15, 0.2) is 0 Å². The number of amides is 1. The van der Waals surface area contributed by atoms with Crippen molar-refractivity contribution in [2.75, 3.05) is 13.6 Å². The van der Waals surface area contributed by atoms with E-state index in [1.165, 1.54) is 4.88 Å². The van der Waals surface area contributed by atoms with Crippen molar-refractivity contribution in [2.45, 2.75) is 46.1 Å². The molecule has 1 heterocycles. The number of carbonyl (C=O) groups is 1. The van der Waals surface area contributed by atoms with Gasteiger partial charge in [-0.15, -0.1) is 11.3 Å². The van der Waals surface area contributed by atoms with Gasteiger partial charge in [-0.3, -0.25) is 4.79 Å². The summed E-state index contributed by atoms with van der Waals surface area (Å²) in [6, 6.07) is 0. The van der Waals surface area contributed by atoms with Crippen LogP contribution in [0, 0.1) is 12.8 Å². The zero-order valence-electron chi connectivity index (χ0n) is 12.2. The fourth-order valence-electron chi connectivity index (χ4n) is 2.09. The number of aryl methyl sites for hydroxylation is 1. The van der Waals surface area contributed by atoms with E-state index in [1.807, 2.05) is 19.5 Å². The molecule has 1 amide bonds. The molecule has 0 fully saturated rings. The zero-order valence-corrected chi connectivity index (χ0v) is 13.0. The highest BCUT2D eigenvalue weighted by molar-refractivity contribution is 7.09. The van der Waals surface area contributed by atoms with Crippen molar-refractivity contribution in [1.82, 2.24) is 9.88 Å². The van der Waals surface area contributed by atoms with Crippen LogP contribution < -0.4 is 5.73 Å². The molecule has 0 saturated carbocycles. The van der Waals surface area contributed by atoms with Crippen molar-refractivity contribution in [2.24, 2.45) is 11.7 Å². The molecule has 1 unspecified atom stereocenters. The van der Waals surface area contributed by atoms with Crippen molar-refractivity contribution in [3.05, 3.63) is 16.1 Å². The number of hydrogen-bond donors (Lipinski definition) is 1. The van der Waals surface area contributed by atoms with Gasteiger partial charge >= 0.3 is 0 Å². The lowest BCUT2D eigenvalue weighted by Crippen LogP contribution is -2.26. The van der Waals surface area contributed by atoms with E-state index in [2.05, 4.69) is 11.9 Å². The lowest BCUT2D eigenvalue weighted by atomic mass is 9.96. The third kappa shape index (κ3) is 5.28. The first-order chi connectivity index (χ1) is 9.08. The van der Waals surface area contributed by atoms with Gasteiger partial charge in [0, 0.05) is 18.3 Å². The minimum Gasteiger partial charge on any atom is -0.341 e. The SMILES string of the molecule is CCC(CCN)CCC(=O)N(C)Cc1scnc1C. The monoisotopic (exact) mass is 283 g/mol. The maximum atomic E-state index is 12.1. The van der Waals surface area contributed by atoms with Gasteiger partial charge in [0.2, 0.25) is 5.91 Å². The minimum absolute atomic E-state index is 0.211. The molecule has 0 aliphatic rings. The Balaban J connectivity index is 2.38. The third-order valence-electron chi connectivity index (χ3n) is 3.57. The lowest BCUT2D eigenvalue weighted by molar-refractivity contribution is -0.130. The molecule has 0 spiro atoms. The normalized spacial score (nSPS) is 12.4. The molecule has 1 rings (SSSR count). The van der Waals surface area contributed by atoms with E-state index >= 15 is 0 Å². The molecule has 4 nitrogen and oxygen atoms in total. The van der Waals surface area contributed by atoms with Crippen LogP contribution in [0.5, 0.6) is 0 Å². The highest BCUT2D eigenvalue weighted by atomic mass is 32.1. The van der Waals surface area contributed by atoms with Crippen LogP contribution >= 0.6 is 11.3 Å². The summed E-state index contributed by atoms with van der Waals surface area (Å²) in [5, 5.41) is 0. The Hall–Kier alpha value is -0.940. The summed E-state index contributed by atoms with van der Waals surface area (Å²) in [5.74, 6) is 0.788. The standard InChI is InChI=1S/C14H25N3OS/c1-4-12(7-8-15)5-6-14(18)17(3)9-13-11(2)16-10-19-13/h10,12H,4-9,15H2,1-3H3. The molecule has 1 aromatic rings. The summed E-state index contributed by atoms with van der Waals surface area (Å²) >= 11 is 1.61. The van der Waals surface area contributed by atoms with Crippen molar-refractivity contribution in [3.63, 3.8) is 0 Å². The van der Waals surface area contributed by atoms with Crippen molar-refractivity contribution < 1.29 is 4.79 Å². The molecule has 5 heteroatoms. The average molecular weight is 283 g/mol. The second kappa shape index (κ2) is 8.27. The summed E-state index contributed by atoms with van der Waals surface area (Å²) in [6.07, 6.45) is 3.68. The van der Waals surface area contributed by atoms with Crippen LogP contribution in [0.15, 0.2) is 5.51 Å². The Labute approximate surface area is 120 Å². The first kappa shape index (κ1) is 16.1. The maximum absolute atomic E-state index is 12.1. The Morgan fingerprint density at radius 3 is 2.79 bits per heavy atom. The number of thiazole rings is 1. The van der Waals surface area contributed by atoms with E-state index in [1.54, 1.807) is 16.2 Å². The highest BCUT2D eigenvalue weighted by Gasteiger charge is 2.14. The quantitative estimate of drug-likeness (QED) is 0.797. The largest absolute Gasteiger partial charge is 0.341 e. The summed E-state index contributed by atoms with van der Waals surface area (Å²) in [5.41, 5.74) is 8.43. The third-order valence-corrected chi connectivity index (χ3v) is 4.49. The molecule has 0 aromatic carbocycles. The van der Waals surface area contributed by atoms with Crippen LogP contribution in [0.4, 0.5) is 0 Å². The molecular weight excluding hydrogens is 258 g/mol. The summed E-state index contributed by atoms with van der Waals surface area (Å²) in [7, 11) is 1.87. The minimum atomic E-state index is 0.211. The number of hydrogen-bond acceptors (Lipinski definition) is 4. The molecule has 1 aromatic heterocycles. The summed E-state index contributed by atoms with van der Waals surface area (Å²) in [6.45, 7) is 5.53. The number of nitrogens with zero attached hydrogens (tertiary/aromatic N) is 2. The average Bonchev–Trinajstić information content (AvgIpc) is 2.79. The van der Waals surface area contributed by atoms with Gasteiger partial charge in [0.1, 0.15) is 0 Å². The molecule has 0 saturated heterocycles. The lowest BCUT2D eigenvalue weighted by Gasteiger charge is -2.19. The van der Waals surface area contributed by atoms with Crippen LogP contribution in [0.3, 0.4) is 0 Å². The summed E-state index contributed by atoms with van der Waals surface area (Å²) < 4.78 is 0. The van der Waals surface area contributed by atoms with Gasteiger partial charge in [0.25, 0.3) is 0 Å². The molecule has 0 aliphatic carbocycles. The fraction of sp³-hybridized carbons (Fsp3) is 0.714. The Morgan fingerprint density at radius 2 is 2.26 bits per heavy atom. The van der Waals surface area contributed by atoms with E-state index in [0.29, 0.717) is 25.4 Å². The van der Waals surface area contributed by atoms with Crippen LogP contribution in [0.1, 0.15) is 43.2 Å². The number of carbonyl (C=O) groups excluding carboxylic acids is 1. The predicted octanol–water partition coefficient (Wildman–Crippen LogP) is 2.57. The van der Waals surface area contributed by atoms with E-state index in [9.17, 15) is 4.79 Å². The molecule has 0 bridgehead atoms. The van der Waals surface area contributed by atoms with Crippen molar-refractivity contribution >= 4 is 17.2 Å². The van der Waals surface area contributed by atoms with Crippen LogP contribution in [0.2, 0.25) is 0 Å². The maximum Gasteiger partial charge on any atom is 0.222 e. The second-order valence-corrected chi connectivity index (χ2v) is 5.94. The fourth-order valence-corrected chi connectivity index (χ4v) is 2.92. The highest BCUT2D eigenvalue weighted by Crippen LogP contribution is 2.17. The van der Waals surface area contributed by atoms with Gasteiger partial charge in [-0.25, -0.2) is 4.98 Å². The Kier molecular flexibility index (Phi) is 7.02. The molecule has 0 radical (unpaired) electrons. The number of aromatic nitrogens is 1. The van der Waals surface area contributed by atoms with Crippen molar-refractivity contribution in [1.29, 1.82) is 0 Å². The number of rotatable bonds is 8. The summed E-state index contributed by atoms with van der Waals surface area (Å²) in [4.78, 5) is 19.3. The van der Waals surface area contributed by atoms with E-state index in [4.69, 9.17) is 5.73 Å². The Morgan fingerprint density at radius 1 is 1.53 bits per heavy atom. The van der Waals surface area contributed by atoms with Crippen molar-refractivity contribution in [3.8, 4) is 0 Å². The molecule has 1 atom stereocenters. The topological polar surface area (TPSA) is 59.2 Å².